The largest absolute Gasteiger partial charge is 0.497 e. The molecule has 5 nitrogen and oxygen atoms in total. The summed E-state index contributed by atoms with van der Waals surface area (Å²) in [5.41, 5.74) is 0.691. The SMILES string of the molecule is COc1ccc(COc2c(C=O)[nH]ccc2=O)cc1. The maximum absolute atomic E-state index is 11.6. The molecule has 1 aromatic carbocycles. The molecule has 0 unspecified atom stereocenters. The molecule has 0 aliphatic carbocycles. The molecular weight excluding hydrogens is 246 g/mol. The molecule has 0 aliphatic heterocycles. The zero-order chi connectivity index (χ0) is 13.7. The average Bonchev–Trinajstić information content (AvgIpc) is 2.46. The minimum atomic E-state index is -0.325. The number of ether oxygens (including phenoxy) is 2. The lowest BCUT2D eigenvalue weighted by Gasteiger charge is -2.07. The van der Waals surface area contributed by atoms with Crippen LogP contribution in [0, 0.1) is 0 Å². The van der Waals surface area contributed by atoms with Crippen LogP contribution in [0.25, 0.3) is 0 Å². The highest BCUT2D eigenvalue weighted by molar-refractivity contribution is 5.75. The van der Waals surface area contributed by atoms with Gasteiger partial charge >= 0.3 is 0 Å². The summed E-state index contributed by atoms with van der Waals surface area (Å²) in [5, 5.41) is 0. The third-order valence-electron chi connectivity index (χ3n) is 2.60. The first-order chi connectivity index (χ1) is 9.24. The molecule has 0 aliphatic rings. The van der Waals surface area contributed by atoms with Crippen molar-refractivity contribution in [1.82, 2.24) is 4.98 Å². The summed E-state index contributed by atoms with van der Waals surface area (Å²) in [6.45, 7) is 0.206. The number of carbonyl (C=O) groups is 1. The van der Waals surface area contributed by atoms with Gasteiger partial charge in [0.05, 0.1) is 7.11 Å². The Hall–Kier alpha value is -2.56. The number of nitrogens with one attached hydrogen (secondary N) is 1. The van der Waals surface area contributed by atoms with E-state index in [1.807, 2.05) is 12.1 Å². The number of pyridine rings is 1. The Morgan fingerprint density at radius 1 is 1.21 bits per heavy atom. The average molecular weight is 259 g/mol. The van der Waals surface area contributed by atoms with Gasteiger partial charge in [0.2, 0.25) is 5.43 Å². The van der Waals surface area contributed by atoms with Crippen LogP contribution in [-0.4, -0.2) is 18.4 Å². The monoisotopic (exact) mass is 259 g/mol. The minimum absolute atomic E-state index is 0.0355. The van der Waals surface area contributed by atoms with Gasteiger partial charge in [-0.3, -0.25) is 9.59 Å². The second kappa shape index (κ2) is 5.86. The van der Waals surface area contributed by atoms with Crippen LogP contribution in [0.2, 0.25) is 0 Å². The van der Waals surface area contributed by atoms with Crippen molar-refractivity contribution in [3.63, 3.8) is 0 Å². The molecule has 2 rings (SSSR count). The molecule has 1 aromatic heterocycles. The van der Waals surface area contributed by atoms with Crippen LogP contribution < -0.4 is 14.9 Å². The van der Waals surface area contributed by atoms with Gasteiger partial charge in [0.25, 0.3) is 0 Å². The van der Waals surface area contributed by atoms with E-state index >= 15 is 0 Å². The molecule has 0 saturated carbocycles. The molecule has 0 atom stereocenters. The van der Waals surface area contributed by atoms with Gasteiger partial charge in [-0.05, 0) is 17.7 Å². The summed E-state index contributed by atoms with van der Waals surface area (Å²) in [5.74, 6) is 0.781. The number of aromatic nitrogens is 1. The van der Waals surface area contributed by atoms with Gasteiger partial charge in [-0.2, -0.15) is 0 Å². The van der Waals surface area contributed by atoms with E-state index in [9.17, 15) is 9.59 Å². The molecule has 0 amide bonds. The van der Waals surface area contributed by atoms with Crippen LogP contribution in [0.5, 0.6) is 11.5 Å². The zero-order valence-electron chi connectivity index (χ0n) is 10.4. The van der Waals surface area contributed by atoms with Crippen molar-refractivity contribution in [3.8, 4) is 11.5 Å². The fourth-order valence-corrected chi connectivity index (χ4v) is 1.59. The number of hydrogen-bond donors (Lipinski definition) is 1. The van der Waals surface area contributed by atoms with E-state index in [-0.39, 0.29) is 23.5 Å². The van der Waals surface area contributed by atoms with Crippen molar-refractivity contribution < 1.29 is 14.3 Å². The Bertz CT molecular complexity index is 616. The fraction of sp³-hybridized carbons (Fsp3) is 0.143. The topological polar surface area (TPSA) is 68.4 Å². The maximum Gasteiger partial charge on any atom is 0.224 e. The van der Waals surface area contributed by atoms with Crippen molar-refractivity contribution in [2.45, 2.75) is 6.61 Å². The lowest BCUT2D eigenvalue weighted by atomic mass is 10.2. The first-order valence-corrected chi connectivity index (χ1v) is 5.67. The normalized spacial score (nSPS) is 9.95. The van der Waals surface area contributed by atoms with Crippen LogP contribution in [0.1, 0.15) is 16.1 Å². The van der Waals surface area contributed by atoms with E-state index < -0.39 is 0 Å². The van der Waals surface area contributed by atoms with Crippen molar-refractivity contribution in [2.24, 2.45) is 0 Å². The van der Waals surface area contributed by atoms with E-state index in [2.05, 4.69) is 4.98 Å². The van der Waals surface area contributed by atoms with Crippen molar-refractivity contribution >= 4 is 6.29 Å². The standard InChI is InChI=1S/C14H13NO4/c1-18-11-4-2-10(3-5-11)9-19-14-12(8-16)15-7-6-13(14)17/h2-8H,9H2,1H3,(H,15,17). The number of carbonyl (C=O) groups excluding carboxylic acids is 1. The predicted octanol–water partition coefficient (Wildman–Crippen LogP) is 1.77. The van der Waals surface area contributed by atoms with Gasteiger partial charge in [0.15, 0.2) is 12.0 Å². The molecule has 5 heteroatoms. The van der Waals surface area contributed by atoms with Gasteiger partial charge in [-0.25, -0.2) is 0 Å². The smallest absolute Gasteiger partial charge is 0.224 e. The van der Waals surface area contributed by atoms with Crippen LogP contribution >= 0.6 is 0 Å². The molecule has 1 heterocycles. The first kappa shape index (κ1) is 12.9. The van der Waals surface area contributed by atoms with Gasteiger partial charge < -0.3 is 14.5 Å². The Morgan fingerprint density at radius 2 is 1.95 bits per heavy atom. The van der Waals surface area contributed by atoms with E-state index in [1.54, 1.807) is 19.2 Å². The number of aromatic amines is 1. The van der Waals surface area contributed by atoms with Gasteiger partial charge in [0, 0.05) is 12.3 Å². The number of benzene rings is 1. The molecule has 0 radical (unpaired) electrons. The van der Waals surface area contributed by atoms with Gasteiger partial charge in [0.1, 0.15) is 18.1 Å². The molecule has 98 valence electrons. The lowest BCUT2D eigenvalue weighted by Crippen LogP contribution is -2.11. The molecule has 0 saturated heterocycles. The minimum Gasteiger partial charge on any atom is -0.497 e. The predicted molar refractivity (Wildman–Crippen MR) is 69.8 cm³/mol. The van der Waals surface area contributed by atoms with E-state index in [0.717, 1.165) is 11.3 Å². The van der Waals surface area contributed by atoms with Gasteiger partial charge in [-0.15, -0.1) is 0 Å². The molecule has 19 heavy (non-hydrogen) atoms. The number of methoxy groups -OCH3 is 1. The van der Waals surface area contributed by atoms with E-state index in [1.165, 1.54) is 12.3 Å². The van der Waals surface area contributed by atoms with Crippen LogP contribution in [0.15, 0.2) is 41.3 Å². The van der Waals surface area contributed by atoms with Crippen molar-refractivity contribution in [3.05, 3.63) is 58.0 Å². The highest BCUT2D eigenvalue weighted by Crippen LogP contribution is 2.14. The van der Waals surface area contributed by atoms with E-state index in [4.69, 9.17) is 9.47 Å². The second-order valence-corrected chi connectivity index (χ2v) is 3.84. The number of rotatable bonds is 5. The second-order valence-electron chi connectivity index (χ2n) is 3.84. The molecular formula is C14H13NO4. The zero-order valence-corrected chi connectivity index (χ0v) is 10.4. The summed E-state index contributed by atoms with van der Waals surface area (Å²) in [7, 11) is 1.59. The molecule has 1 N–H and O–H groups in total. The fourth-order valence-electron chi connectivity index (χ4n) is 1.59. The Morgan fingerprint density at radius 3 is 2.58 bits per heavy atom. The van der Waals surface area contributed by atoms with Crippen molar-refractivity contribution in [1.29, 1.82) is 0 Å². The summed E-state index contributed by atoms with van der Waals surface area (Å²) in [6.07, 6.45) is 1.97. The summed E-state index contributed by atoms with van der Waals surface area (Å²) in [6, 6.07) is 8.58. The van der Waals surface area contributed by atoms with Crippen molar-refractivity contribution in [2.75, 3.05) is 7.11 Å². The van der Waals surface area contributed by atoms with E-state index in [0.29, 0.717) is 6.29 Å². The number of hydrogen-bond acceptors (Lipinski definition) is 4. The highest BCUT2D eigenvalue weighted by Gasteiger charge is 2.07. The number of aldehydes is 1. The van der Waals surface area contributed by atoms with Crippen LogP contribution in [-0.2, 0) is 6.61 Å². The molecule has 2 aromatic rings. The Labute approximate surface area is 109 Å². The Balaban J connectivity index is 2.14. The third-order valence-corrected chi connectivity index (χ3v) is 2.60. The third kappa shape index (κ3) is 3.01. The molecule has 0 spiro atoms. The quantitative estimate of drug-likeness (QED) is 0.831. The Kier molecular flexibility index (Phi) is 3.97. The summed E-state index contributed by atoms with van der Waals surface area (Å²) >= 11 is 0. The van der Waals surface area contributed by atoms with Crippen LogP contribution in [0.4, 0.5) is 0 Å². The number of H-pyrrole nitrogens is 1. The maximum atomic E-state index is 11.6. The summed E-state index contributed by atoms with van der Waals surface area (Å²) in [4.78, 5) is 25.1. The molecule has 0 bridgehead atoms. The first-order valence-electron chi connectivity index (χ1n) is 5.67. The lowest BCUT2D eigenvalue weighted by molar-refractivity contribution is 0.111. The van der Waals surface area contributed by atoms with Gasteiger partial charge in [-0.1, -0.05) is 12.1 Å². The highest BCUT2D eigenvalue weighted by atomic mass is 16.5. The molecule has 0 fully saturated rings. The van der Waals surface area contributed by atoms with Crippen LogP contribution in [0.3, 0.4) is 0 Å². The summed E-state index contributed by atoms with van der Waals surface area (Å²) < 4.78 is 10.4.